The molecule has 0 bridgehead atoms. The van der Waals surface area contributed by atoms with Crippen LogP contribution in [-0.2, 0) is 4.79 Å². The fourth-order valence-electron chi connectivity index (χ4n) is 2.98. The fraction of sp³-hybridized carbons (Fsp3) is 0.316. The van der Waals surface area contributed by atoms with Crippen molar-refractivity contribution in [1.82, 2.24) is 9.88 Å². The molecule has 27 heavy (non-hydrogen) atoms. The molecule has 1 aromatic heterocycles. The van der Waals surface area contributed by atoms with E-state index in [0.29, 0.717) is 48.2 Å². The highest BCUT2D eigenvalue weighted by Gasteiger charge is 2.20. The van der Waals surface area contributed by atoms with Crippen molar-refractivity contribution in [3.63, 3.8) is 0 Å². The van der Waals surface area contributed by atoms with Gasteiger partial charge in [-0.3, -0.25) is 14.6 Å². The number of halogens is 1. The van der Waals surface area contributed by atoms with E-state index in [0.717, 1.165) is 5.69 Å². The first-order valence-electron chi connectivity index (χ1n) is 8.58. The predicted octanol–water partition coefficient (Wildman–Crippen LogP) is 2.66. The van der Waals surface area contributed by atoms with Crippen molar-refractivity contribution in [2.24, 2.45) is 0 Å². The molecule has 1 saturated heterocycles. The van der Waals surface area contributed by atoms with E-state index in [-0.39, 0.29) is 11.8 Å². The number of hydrogen-bond donors (Lipinski definition) is 1. The van der Waals surface area contributed by atoms with Gasteiger partial charge in [0.05, 0.1) is 30.2 Å². The van der Waals surface area contributed by atoms with E-state index in [4.69, 9.17) is 16.3 Å². The quantitative estimate of drug-likeness (QED) is 0.871. The van der Waals surface area contributed by atoms with Crippen LogP contribution in [0.2, 0.25) is 5.02 Å². The normalized spacial score (nSPS) is 14.0. The summed E-state index contributed by atoms with van der Waals surface area (Å²) in [6.07, 6.45) is 3.24. The van der Waals surface area contributed by atoms with Gasteiger partial charge in [0.2, 0.25) is 5.91 Å². The number of nitrogens with one attached hydrogen (secondary N) is 1. The molecule has 1 fully saturated rings. The molecular formula is C19H21ClN4O3. The molecule has 1 aliphatic rings. The summed E-state index contributed by atoms with van der Waals surface area (Å²) in [5, 5.41) is 3.31. The molecule has 0 atom stereocenters. The van der Waals surface area contributed by atoms with E-state index in [1.54, 1.807) is 37.4 Å². The first kappa shape index (κ1) is 19.0. The number of amides is 2. The van der Waals surface area contributed by atoms with Gasteiger partial charge in [0.15, 0.2) is 0 Å². The van der Waals surface area contributed by atoms with Gasteiger partial charge in [0.1, 0.15) is 5.75 Å². The third-order valence-corrected chi connectivity index (χ3v) is 4.72. The summed E-state index contributed by atoms with van der Waals surface area (Å²) in [5.41, 5.74) is 1.78. The zero-order valence-corrected chi connectivity index (χ0v) is 16.0. The average Bonchev–Trinajstić information content (AvgIpc) is 2.68. The Morgan fingerprint density at radius 1 is 1.15 bits per heavy atom. The highest BCUT2D eigenvalue weighted by atomic mass is 35.5. The summed E-state index contributed by atoms with van der Waals surface area (Å²) in [5.74, 6) is 0.306. The molecule has 8 heteroatoms. The molecule has 1 N–H and O–H groups in total. The maximum atomic E-state index is 12.6. The second-order valence-electron chi connectivity index (χ2n) is 6.22. The second kappa shape index (κ2) is 8.26. The third kappa shape index (κ3) is 4.49. The molecule has 2 aromatic rings. The SMILES string of the molecule is COc1ccc(Cl)cc1NC(=O)c1cncc(N2CCN(C(C)=O)CC2)c1. The summed E-state index contributed by atoms with van der Waals surface area (Å²) in [6, 6.07) is 6.82. The number of rotatable bonds is 4. The Labute approximate surface area is 162 Å². The largest absolute Gasteiger partial charge is 0.495 e. The van der Waals surface area contributed by atoms with Gasteiger partial charge in [0.25, 0.3) is 5.91 Å². The summed E-state index contributed by atoms with van der Waals surface area (Å²) in [4.78, 5) is 32.2. The van der Waals surface area contributed by atoms with Gasteiger partial charge in [-0.25, -0.2) is 0 Å². The molecule has 2 heterocycles. The van der Waals surface area contributed by atoms with E-state index in [1.165, 1.54) is 13.3 Å². The standard InChI is InChI=1S/C19H21ClN4O3/c1-13(25)23-5-7-24(8-6-23)16-9-14(11-21-12-16)19(26)22-17-10-15(20)3-4-18(17)27-2/h3-4,9-12H,5-8H2,1-2H3,(H,22,26). The minimum Gasteiger partial charge on any atom is -0.495 e. The van der Waals surface area contributed by atoms with Crippen LogP contribution < -0.4 is 15.0 Å². The molecule has 7 nitrogen and oxygen atoms in total. The zero-order valence-electron chi connectivity index (χ0n) is 15.2. The third-order valence-electron chi connectivity index (χ3n) is 4.49. The van der Waals surface area contributed by atoms with Crippen LogP contribution in [0.25, 0.3) is 0 Å². The molecule has 2 amide bonds. The van der Waals surface area contributed by atoms with E-state index >= 15 is 0 Å². The molecule has 3 rings (SSSR count). The van der Waals surface area contributed by atoms with Crippen molar-refractivity contribution >= 4 is 34.8 Å². The summed E-state index contributed by atoms with van der Waals surface area (Å²) in [6.45, 7) is 4.30. The molecule has 1 aliphatic heterocycles. The number of carbonyl (C=O) groups excluding carboxylic acids is 2. The van der Waals surface area contributed by atoms with Crippen LogP contribution >= 0.6 is 11.6 Å². The van der Waals surface area contributed by atoms with Crippen LogP contribution in [0.4, 0.5) is 11.4 Å². The molecule has 142 valence electrons. The summed E-state index contributed by atoms with van der Waals surface area (Å²) in [7, 11) is 1.53. The molecule has 0 saturated carbocycles. The number of anilines is 2. The van der Waals surface area contributed by atoms with Crippen molar-refractivity contribution in [3.8, 4) is 5.75 Å². The van der Waals surface area contributed by atoms with Gasteiger partial charge < -0.3 is 19.9 Å². The zero-order chi connectivity index (χ0) is 19.4. The fourth-order valence-corrected chi connectivity index (χ4v) is 3.15. The van der Waals surface area contributed by atoms with E-state index in [9.17, 15) is 9.59 Å². The van der Waals surface area contributed by atoms with Gasteiger partial charge in [-0.05, 0) is 24.3 Å². The van der Waals surface area contributed by atoms with Gasteiger partial charge in [-0.15, -0.1) is 0 Å². The average molecular weight is 389 g/mol. The minimum atomic E-state index is -0.299. The summed E-state index contributed by atoms with van der Waals surface area (Å²) >= 11 is 6.01. The number of pyridine rings is 1. The Hall–Kier alpha value is -2.80. The number of piperazine rings is 1. The Bertz CT molecular complexity index is 851. The lowest BCUT2D eigenvalue weighted by atomic mass is 10.2. The smallest absolute Gasteiger partial charge is 0.257 e. The topological polar surface area (TPSA) is 74.8 Å². The van der Waals surface area contributed by atoms with Gasteiger partial charge in [0, 0.05) is 44.3 Å². The van der Waals surface area contributed by atoms with E-state index in [1.807, 2.05) is 4.90 Å². The lowest BCUT2D eigenvalue weighted by Gasteiger charge is -2.35. The van der Waals surface area contributed by atoms with Crippen molar-refractivity contribution < 1.29 is 14.3 Å². The number of methoxy groups -OCH3 is 1. The van der Waals surface area contributed by atoms with Gasteiger partial charge in [-0.1, -0.05) is 11.6 Å². The number of nitrogens with zero attached hydrogens (tertiary/aromatic N) is 3. The summed E-state index contributed by atoms with van der Waals surface area (Å²) < 4.78 is 5.26. The molecule has 0 spiro atoms. The highest BCUT2D eigenvalue weighted by Crippen LogP contribution is 2.28. The first-order valence-corrected chi connectivity index (χ1v) is 8.96. The molecular weight excluding hydrogens is 368 g/mol. The van der Waals surface area contributed by atoms with Crippen LogP contribution in [0.5, 0.6) is 5.75 Å². The Balaban J connectivity index is 1.73. The molecule has 0 unspecified atom stereocenters. The Morgan fingerprint density at radius 2 is 1.89 bits per heavy atom. The van der Waals surface area contributed by atoms with E-state index in [2.05, 4.69) is 15.2 Å². The first-order chi connectivity index (χ1) is 13.0. The monoisotopic (exact) mass is 388 g/mol. The molecule has 0 radical (unpaired) electrons. The lowest BCUT2D eigenvalue weighted by Crippen LogP contribution is -2.48. The minimum absolute atomic E-state index is 0.0800. The lowest BCUT2D eigenvalue weighted by molar-refractivity contribution is -0.129. The number of carbonyl (C=O) groups is 2. The van der Waals surface area contributed by atoms with Crippen molar-refractivity contribution in [1.29, 1.82) is 0 Å². The maximum Gasteiger partial charge on any atom is 0.257 e. The molecule has 0 aliphatic carbocycles. The Morgan fingerprint density at radius 3 is 2.56 bits per heavy atom. The van der Waals surface area contributed by atoms with Crippen molar-refractivity contribution in [2.45, 2.75) is 6.92 Å². The highest BCUT2D eigenvalue weighted by molar-refractivity contribution is 6.31. The molecule has 1 aromatic carbocycles. The van der Waals surface area contributed by atoms with Crippen molar-refractivity contribution in [3.05, 3.63) is 47.2 Å². The maximum absolute atomic E-state index is 12.6. The van der Waals surface area contributed by atoms with Gasteiger partial charge in [-0.2, -0.15) is 0 Å². The van der Waals surface area contributed by atoms with Crippen LogP contribution in [0.1, 0.15) is 17.3 Å². The predicted molar refractivity (Wildman–Crippen MR) is 105 cm³/mol. The van der Waals surface area contributed by atoms with Crippen LogP contribution in [0.15, 0.2) is 36.7 Å². The van der Waals surface area contributed by atoms with Gasteiger partial charge >= 0.3 is 0 Å². The second-order valence-corrected chi connectivity index (χ2v) is 6.66. The van der Waals surface area contributed by atoms with Crippen LogP contribution in [0.3, 0.4) is 0 Å². The number of benzene rings is 1. The van der Waals surface area contributed by atoms with Crippen LogP contribution in [-0.4, -0.2) is 55.0 Å². The number of ether oxygens (including phenoxy) is 1. The van der Waals surface area contributed by atoms with Crippen molar-refractivity contribution in [2.75, 3.05) is 43.5 Å². The number of hydrogen-bond acceptors (Lipinski definition) is 5. The Kier molecular flexibility index (Phi) is 5.81. The van der Waals surface area contributed by atoms with Crippen LogP contribution in [0, 0.1) is 0 Å². The number of aromatic nitrogens is 1. The van der Waals surface area contributed by atoms with E-state index < -0.39 is 0 Å².